The molecule has 0 aliphatic rings. The molecule has 1 aromatic carbocycles. The Hall–Kier alpha value is -0.250. The van der Waals surface area contributed by atoms with Crippen molar-refractivity contribution in [3.63, 3.8) is 0 Å². The molecule has 78 valence electrons. The molecule has 2 N–H and O–H groups in total. The van der Waals surface area contributed by atoms with E-state index in [4.69, 9.17) is 11.6 Å². The van der Waals surface area contributed by atoms with Gasteiger partial charge in [-0.05, 0) is 40.5 Å². The Morgan fingerprint density at radius 3 is 2.93 bits per heavy atom. The van der Waals surface area contributed by atoms with Crippen LogP contribution in [0.3, 0.4) is 0 Å². The topological polar surface area (TPSA) is 32.3 Å². The first-order valence-electron chi connectivity index (χ1n) is 4.50. The van der Waals surface area contributed by atoms with E-state index in [1.807, 2.05) is 25.1 Å². The molecule has 0 unspecified atom stereocenters. The van der Waals surface area contributed by atoms with E-state index in [1.165, 1.54) is 0 Å². The van der Waals surface area contributed by atoms with E-state index >= 15 is 0 Å². The largest absolute Gasteiger partial charge is 0.391 e. The van der Waals surface area contributed by atoms with Gasteiger partial charge >= 0.3 is 0 Å². The highest BCUT2D eigenvalue weighted by atomic mass is 79.9. The molecule has 14 heavy (non-hydrogen) atoms. The summed E-state index contributed by atoms with van der Waals surface area (Å²) in [5.74, 6) is 0. The summed E-state index contributed by atoms with van der Waals surface area (Å²) in [7, 11) is 0. The number of hydrogen-bond donors (Lipinski definition) is 2. The highest BCUT2D eigenvalue weighted by Gasteiger charge is 2.03. The van der Waals surface area contributed by atoms with Crippen molar-refractivity contribution in [3.05, 3.63) is 27.7 Å². The molecule has 0 bridgehead atoms. The van der Waals surface area contributed by atoms with Gasteiger partial charge in [0.2, 0.25) is 0 Å². The maximum Gasteiger partial charge on any atom is 0.0709 e. The first-order chi connectivity index (χ1) is 6.63. The molecule has 0 aliphatic carbocycles. The second-order valence-corrected chi connectivity index (χ2v) is 4.36. The molecule has 0 saturated heterocycles. The fourth-order valence-corrected chi connectivity index (χ4v) is 1.56. The van der Waals surface area contributed by atoms with E-state index in [9.17, 15) is 5.11 Å². The quantitative estimate of drug-likeness (QED) is 0.886. The van der Waals surface area contributed by atoms with Gasteiger partial charge in [0.25, 0.3) is 0 Å². The summed E-state index contributed by atoms with van der Waals surface area (Å²) in [5, 5.41) is 13.2. The maximum atomic E-state index is 9.37. The Morgan fingerprint density at radius 1 is 1.57 bits per heavy atom. The van der Waals surface area contributed by atoms with Gasteiger partial charge in [0.05, 0.1) is 6.10 Å². The van der Waals surface area contributed by atoms with Crippen LogP contribution in [0.15, 0.2) is 22.7 Å². The molecular formula is C10H13BrClNO. The summed E-state index contributed by atoms with van der Waals surface area (Å²) in [6.07, 6.45) is 0.423. The van der Waals surface area contributed by atoms with Crippen LogP contribution in [0.2, 0.25) is 5.02 Å². The second kappa shape index (κ2) is 5.59. The average molecular weight is 279 g/mol. The summed E-state index contributed by atoms with van der Waals surface area (Å²) in [4.78, 5) is 0. The van der Waals surface area contributed by atoms with Gasteiger partial charge in [-0.1, -0.05) is 18.5 Å². The van der Waals surface area contributed by atoms with Crippen LogP contribution in [0.25, 0.3) is 0 Å². The first kappa shape index (κ1) is 11.8. The summed E-state index contributed by atoms with van der Waals surface area (Å²) in [6, 6.07) is 5.52. The van der Waals surface area contributed by atoms with Gasteiger partial charge in [-0.2, -0.15) is 0 Å². The lowest BCUT2D eigenvalue weighted by Crippen LogP contribution is -2.18. The molecule has 1 atom stereocenters. The van der Waals surface area contributed by atoms with Gasteiger partial charge in [-0.25, -0.2) is 0 Å². The van der Waals surface area contributed by atoms with E-state index < -0.39 is 0 Å². The van der Waals surface area contributed by atoms with Crippen LogP contribution in [0.4, 0.5) is 5.69 Å². The van der Waals surface area contributed by atoms with Crippen molar-refractivity contribution in [1.29, 1.82) is 0 Å². The van der Waals surface area contributed by atoms with Gasteiger partial charge in [-0.3, -0.25) is 0 Å². The number of aliphatic hydroxyl groups excluding tert-OH is 1. The number of benzene rings is 1. The molecule has 0 aromatic heterocycles. The van der Waals surface area contributed by atoms with Crippen molar-refractivity contribution >= 4 is 33.2 Å². The van der Waals surface area contributed by atoms with Crippen molar-refractivity contribution in [1.82, 2.24) is 0 Å². The minimum Gasteiger partial charge on any atom is -0.391 e. The molecule has 1 rings (SSSR count). The molecule has 0 spiro atoms. The van der Waals surface area contributed by atoms with E-state index in [0.717, 1.165) is 16.6 Å². The number of aliphatic hydroxyl groups is 1. The van der Waals surface area contributed by atoms with Crippen LogP contribution < -0.4 is 5.32 Å². The Labute approximate surface area is 97.4 Å². The zero-order valence-corrected chi connectivity index (χ0v) is 10.3. The Balaban J connectivity index is 2.62. The van der Waals surface area contributed by atoms with E-state index in [0.29, 0.717) is 11.6 Å². The first-order valence-corrected chi connectivity index (χ1v) is 5.67. The summed E-state index contributed by atoms with van der Waals surface area (Å²) in [6.45, 7) is 2.48. The lowest BCUT2D eigenvalue weighted by atomic mass is 10.2. The number of nitrogens with one attached hydrogen (secondary N) is 1. The van der Waals surface area contributed by atoms with Gasteiger partial charge in [0.1, 0.15) is 0 Å². The van der Waals surface area contributed by atoms with E-state index in [-0.39, 0.29) is 6.10 Å². The summed E-state index contributed by atoms with van der Waals surface area (Å²) in [5.41, 5.74) is 0.907. The average Bonchev–Trinajstić information content (AvgIpc) is 2.19. The van der Waals surface area contributed by atoms with E-state index in [2.05, 4.69) is 21.2 Å². The minimum atomic E-state index is -0.319. The van der Waals surface area contributed by atoms with Crippen LogP contribution in [-0.4, -0.2) is 17.8 Å². The van der Waals surface area contributed by atoms with Crippen molar-refractivity contribution in [2.75, 3.05) is 11.9 Å². The predicted octanol–water partition coefficient (Wildman–Crippen LogP) is 3.29. The zero-order valence-electron chi connectivity index (χ0n) is 7.93. The van der Waals surface area contributed by atoms with Crippen LogP contribution in [-0.2, 0) is 0 Å². The SMILES string of the molecule is CC[C@H](O)CNc1cc(Cl)ccc1Br. The molecule has 0 fully saturated rings. The maximum absolute atomic E-state index is 9.37. The van der Waals surface area contributed by atoms with Gasteiger partial charge < -0.3 is 10.4 Å². The highest BCUT2D eigenvalue weighted by Crippen LogP contribution is 2.25. The van der Waals surface area contributed by atoms with Crippen molar-refractivity contribution in [2.45, 2.75) is 19.4 Å². The lowest BCUT2D eigenvalue weighted by molar-refractivity contribution is 0.183. The van der Waals surface area contributed by atoms with Crippen molar-refractivity contribution < 1.29 is 5.11 Å². The number of rotatable bonds is 4. The third kappa shape index (κ3) is 3.48. The molecule has 1 aromatic rings. The van der Waals surface area contributed by atoms with Crippen molar-refractivity contribution in [3.8, 4) is 0 Å². The second-order valence-electron chi connectivity index (χ2n) is 3.07. The molecule has 0 saturated carbocycles. The van der Waals surface area contributed by atoms with Crippen LogP contribution in [0.1, 0.15) is 13.3 Å². The van der Waals surface area contributed by atoms with Crippen LogP contribution >= 0.6 is 27.5 Å². The lowest BCUT2D eigenvalue weighted by Gasteiger charge is -2.12. The monoisotopic (exact) mass is 277 g/mol. The van der Waals surface area contributed by atoms with Gasteiger partial charge in [-0.15, -0.1) is 0 Å². The third-order valence-corrected chi connectivity index (χ3v) is 2.85. The number of hydrogen-bond acceptors (Lipinski definition) is 2. The van der Waals surface area contributed by atoms with Crippen molar-refractivity contribution in [2.24, 2.45) is 0 Å². The smallest absolute Gasteiger partial charge is 0.0709 e. The molecule has 4 heteroatoms. The van der Waals surface area contributed by atoms with E-state index in [1.54, 1.807) is 0 Å². The standard InChI is InChI=1S/C10H13BrClNO/c1-2-8(14)6-13-10-5-7(12)3-4-9(10)11/h3-5,8,13-14H,2,6H2,1H3/t8-/m0/s1. The predicted molar refractivity (Wildman–Crippen MR) is 63.9 cm³/mol. The van der Waals surface area contributed by atoms with Crippen LogP contribution in [0, 0.1) is 0 Å². The fourth-order valence-electron chi connectivity index (χ4n) is 1.01. The Kier molecular flexibility index (Phi) is 4.72. The summed E-state index contributed by atoms with van der Waals surface area (Å²) < 4.78 is 0.949. The molecular weight excluding hydrogens is 265 g/mol. The molecule has 0 amide bonds. The molecule has 0 heterocycles. The molecule has 0 radical (unpaired) electrons. The fraction of sp³-hybridized carbons (Fsp3) is 0.400. The Bertz CT molecular complexity index is 306. The molecule has 2 nitrogen and oxygen atoms in total. The van der Waals surface area contributed by atoms with Gasteiger partial charge in [0.15, 0.2) is 0 Å². The highest BCUT2D eigenvalue weighted by molar-refractivity contribution is 9.10. The Morgan fingerprint density at radius 2 is 2.29 bits per heavy atom. The minimum absolute atomic E-state index is 0.319. The third-order valence-electron chi connectivity index (χ3n) is 1.93. The van der Waals surface area contributed by atoms with Gasteiger partial charge in [0, 0.05) is 21.7 Å². The number of anilines is 1. The normalized spacial score (nSPS) is 12.6. The number of halogens is 2. The summed E-state index contributed by atoms with van der Waals surface area (Å²) >= 11 is 9.24. The zero-order chi connectivity index (χ0) is 10.6. The van der Waals surface area contributed by atoms with Crippen LogP contribution in [0.5, 0.6) is 0 Å². The molecule has 0 aliphatic heterocycles.